The summed E-state index contributed by atoms with van der Waals surface area (Å²) < 4.78 is 6.01. The van der Waals surface area contributed by atoms with Crippen LogP contribution < -0.4 is 10.1 Å². The summed E-state index contributed by atoms with van der Waals surface area (Å²) in [4.78, 5) is 28.6. The van der Waals surface area contributed by atoms with E-state index in [0.717, 1.165) is 16.3 Å². The molecule has 0 spiro atoms. The molecule has 190 valence electrons. The van der Waals surface area contributed by atoms with Gasteiger partial charge < -0.3 is 15.0 Å². The summed E-state index contributed by atoms with van der Waals surface area (Å²) in [5.74, 6) is -0.0102. The van der Waals surface area contributed by atoms with Gasteiger partial charge >= 0.3 is 0 Å². The number of hydrogen-bond acceptors (Lipinski definition) is 3. The molecule has 0 saturated heterocycles. The monoisotopic (exact) mass is 534 g/mol. The second-order valence-electron chi connectivity index (χ2n) is 8.59. The van der Waals surface area contributed by atoms with Crippen molar-refractivity contribution in [3.63, 3.8) is 0 Å². The van der Waals surface area contributed by atoms with Gasteiger partial charge in [-0.1, -0.05) is 96.0 Å². The van der Waals surface area contributed by atoms with Crippen LogP contribution in [0.15, 0.2) is 91.0 Å². The maximum atomic E-state index is 13.8. The standard InChI is InChI=1S/C30H28Cl2N2O3/c1-2-33-30(36)27(18-21-10-4-3-5-11-21)34(19-24-25(31)15-9-16-26(24)32)29(35)20-37-28-17-8-13-22-12-6-7-14-23(22)28/h3-17,27H,2,18-20H2,1H3,(H,33,36)/t27-/m1/s1. The van der Waals surface area contributed by atoms with E-state index < -0.39 is 6.04 Å². The van der Waals surface area contributed by atoms with Crippen molar-refractivity contribution in [3.05, 3.63) is 112 Å². The Kier molecular flexibility index (Phi) is 9.04. The molecule has 0 aromatic heterocycles. The Morgan fingerprint density at radius 2 is 1.51 bits per heavy atom. The first kappa shape index (κ1) is 26.5. The molecule has 0 aliphatic heterocycles. The highest BCUT2D eigenvalue weighted by Gasteiger charge is 2.31. The lowest BCUT2D eigenvalue weighted by Crippen LogP contribution is -2.51. The van der Waals surface area contributed by atoms with Gasteiger partial charge in [-0.05, 0) is 36.1 Å². The average Bonchev–Trinajstić information content (AvgIpc) is 2.91. The highest BCUT2D eigenvalue weighted by molar-refractivity contribution is 6.36. The zero-order valence-electron chi connectivity index (χ0n) is 20.5. The van der Waals surface area contributed by atoms with Crippen LogP contribution in [0, 0.1) is 0 Å². The maximum Gasteiger partial charge on any atom is 0.261 e. The quantitative estimate of drug-likeness (QED) is 0.259. The number of nitrogens with zero attached hydrogens (tertiary/aromatic N) is 1. The molecule has 4 aromatic rings. The number of hydrogen-bond donors (Lipinski definition) is 1. The van der Waals surface area contributed by atoms with Crippen molar-refractivity contribution < 1.29 is 14.3 Å². The highest BCUT2D eigenvalue weighted by atomic mass is 35.5. The van der Waals surface area contributed by atoms with Crippen LogP contribution in [0.3, 0.4) is 0 Å². The van der Waals surface area contributed by atoms with Crippen LogP contribution in [0.25, 0.3) is 10.8 Å². The first-order valence-electron chi connectivity index (χ1n) is 12.1. The van der Waals surface area contributed by atoms with E-state index in [2.05, 4.69) is 5.32 Å². The van der Waals surface area contributed by atoms with Crippen molar-refractivity contribution in [1.29, 1.82) is 0 Å². The Labute approximate surface area is 226 Å². The number of ether oxygens (including phenoxy) is 1. The van der Waals surface area contributed by atoms with Gasteiger partial charge in [0.1, 0.15) is 11.8 Å². The fourth-order valence-corrected chi connectivity index (χ4v) is 4.76. The highest BCUT2D eigenvalue weighted by Crippen LogP contribution is 2.28. The van der Waals surface area contributed by atoms with E-state index in [-0.39, 0.29) is 25.0 Å². The predicted octanol–water partition coefficient (Wildman–Crippen LogP) is 6.30. The van der Waals surface area contributed by atoms with Gasteiger partial charge in [0.25, 0.3) is 5.91 Å². The Bertz CT molecular complexity index is 1350. The number of fused-ring (bicyclic) bond motifs is 1. The van der Waals surface area contributed by atoms with E-state index in [9.17, 15) is 9.59 Å². The van der Waals surface area contributed by atoms with Crippen LogP contribution in [0.5, 0.6) is 5.75 Å². The Balaban J connectivity index is 1.67. The van der Waals surface area contributed by atoms with E-state index >= 15 is 0 Å². The van der Waals surface area contributed by atoms with Gasteiger partial charge in [0, 0.05) is 40.5 Å². The van der Waals surface area contributed by atoms with Gasteiger partial charge in [-0.2, -0.15) is 0 Å². The van der Waals surface area contributed by atoms with Crippen LogP contribution in [-0.4, -0.2) is 35.9 Å². The van der Waals surface area contributed by atoms with Crippen LogP contribution in [0.4, 0.5) is 0 Å². The first-order chi connectivity index (χ1) is 18.0. The lowest BCUT2D eigenvalue weighted by molar-refractivity contribution is -0.142. The van der Waals surface area contributed by atoms with Gasteiger partial charge in [0.15, 0.2) is 6.61 Å². The molecule has 0 bridgehead atoms. The molecule has 0 aliphatic rings. The SMILES string of the molecule is CCNC(=O)[C@@H](Cc1ccccc1)N(Cc1c(Cl)cccc1Cl)C(=O)COc1cccc2ccccc12. The molecule has 0 fully saturated rings. The molecule has 7 heteroatoms. The Morgan fingerprint density at radius 3 is 2.24 bits per heavy atom. The fourth-order valence-electron chi connectivity index (χ4n) is 4.24. The van der Waals surface area contributed by atoms with Crippen LogP contribution in [-0.2, 0) is 22.6 Å². The number of carbonyl (C=O) groups excluding carboxylic acids is 2. The molecular formula is C30H28Cl2N2O3. The molecule has 4 rings (SSSR count). The molecule has 37 heavy (non-hydrogen) atoms. The Morgan fingerprint density at radius 1 is 0.865 bits per heavy atom. The van der Waals surface area contributed by atoms with Crippen LogP contribution in [0.1, 0.15) is 18.1 Å². The largest absolute Gasteiger partial charge is 0.483 e. The van der Waals surface area contributed by atoms with Crippen molar-refractivity contribution in [3.8, 4) is 5.75 Å². The van der Waals surface area contributed by atoms with E-state index in [4.69, 9.17) is 27.9 Å². The van der Waals surface area contributed by atoms with Crippen molar-refractivity contribution in [1.82, 2.24) is 10.2 Å². The topological polar surface area (TPSA) is 58.6 Å². The molecule has 0 aliphatic carbocycles. The number of nitrogens with one attached hydrogen (secondary N) is 1. The molecule has 0 saturated carbocycles. The summed E-state index contributed by atoms with van der Waals surface area (Å²) in [6, 6.07) is 27.5. The van der Waals surface area contributed by atoms with Crippen molar-refractivity contribution >= 4 is 45.8 Å². The van der Waals surface area contributed by atoms with E-state index in [1.165, 1.54) is 4.90 Å². The molecule has 5 nitrogen and oxygen atoms in total. The number of benzene rings is 4. The minimum absolute atomic E-state index is 0.0604. The van der Waals surface area contributed by atoms with Gasteiger partial charge in [-0.15, -0.1) is 0 Å². The average molecular weight is 535 g/mol. The third kappa shape index (κ3) is 6.62. The number of carbonyl (C=O) groups is 2. The lowest BCUT2D eigenvalue weighted by Gasteiger charge is -2.32. The third-order valence-corrected chi connectivity index (χ3v) is 6.82. The Hall–Kier alpha value is -3.54. The summed E-state index contributed by atoms with van der Waals surface area (Å²) in [6.45, 7) is 2.09. The molecule has 2 amide bonds. The van der Waals surface area contributed by atoms with Gasteiger partial charge in [-0.25, -0.2) is 0 Å². The zero-order chi connectivity index (χ0) is 26.2. The van der Waals surface area contributed by atoms with E-state index in [0.29, 0.717) is 34.3 Å². The fraction of sp³-hybridized carbons (Fsp3) is 0.200. The van der Waals surface area contributed by atoms with Crippen molar-refractivity contribution in [2.75, 3.05) is 13.2 Å². The summed E-state index contributed by atoms with van der Waals surface area (Å²) in [5.41, 5.74) is 1.50. The summed E-state index contributed by atoms with van der Waals surface area (Å²) in [7, 11) is 0. The molecule has 0 heterocycles. The molecule has 0 radical (unpaired) electrons. The number of amides is 2. The predicted molar refractivity (Wildman–Crippen MR) is 149 cm³/mol. The first-order valence-corrected chi connectivity index (χ1v) is 12.9. The minimum Gasteiger partial charge on any atom is -0.483 e. The molecule has 1 N–H and O–H groups in total. The molecule has 0 unspecified atom stereocenters. The number of likely N-dealkylation sites (N-methyl/N-ethyl adjacent to an activating group) is 1. The summed E-state index contributed by atoms with van der Waals surface area (Å²) >= 11 is 12.9. The third-order valence-electron chi connectivity index (χ3n) is 6.11. The second-order valence-corrected chi connectivity index (χ2v) is 9.40. The maximum absolute atomic E-state index is 13.8. The van der Waals surface area contributed by atoms with Crippen LogP contribution >= 0.6 is 23.2 Å². The molecule has 1 atom stereocenters. The van der Waals surface area contributed by atoms with Crippen molar-refractivity contribution in [2.24, 2.45) is 0 Å². The van der Waals surface area contributed by atoms with Gasteiger partial charge in [0.2, 0.25) is 5.91 Å². The summed E-state index contributed by atoms with van der Waals surface area (Å²) in [5, 5.41) is 5.64. The van der Waals surface area contributed by atoms with Crippen LogP contribution in [0.2, 0.25) is 10.0 Å². The molecular weight excluding hydrogens is 507 g/mol. The zero-order valence-corrected chi connectivity index (χ0v) is 22.0. The molecule has 4 aromatic carbocycles. The lowest BCUT2D eigenvalue weighted by atomic mass is 10.0. The number of rotatable bonds is 10. The van der Waals surface area contributed by atoms with E-state index in [1.807, 2.05) is 79.7 Å². The normalized spacial score (nSPS) is 11.6. The van der Waals surface area contributed by atoms with Crippen molar-refractivity contribution in [2.45, 2.75) is 25.9 Å². The smallest absolute Gasteiger partial charge is 0.261 e. The van der Waals surface area contributed by atoms with Gasteiger partial charge in [0.05, 0.1) is 0 Å². The summed E-state index contributed by atoms with van der Waals surface area (Å²) in [6.07, 6.45) is 0.328. The second kappa shape index (κ2) is 12.6. The van der Waals surface area contributed by atoms with E-state index in [1.54, 1.807) is 18.2 Å². The minimum atomic E-state index is -0.793. The van der Waals surface area contributed by atoms with Gasteiger partial charge in [-0.3, -0.25) is 9.59 Å². The number of halogens is 2.